The summed E-state index contributed by atoms with van der Waals surface area (Å²) in [5, 5.41) is 9.42. The second kappa shape index (κ2) is 10.8. The summed E-state index contributed by atoms with van der Waals surface area (Å²) >= 11 is 0. The van der Waals surface area contributed by atoms with Gasteiger partial charge in [0.1, 0.15) is 0 Å². The molecule has 1 aromatic heterocycles. The van der Waals surface area contributed by atoms with Gasteiger partial charge in [-0.1, -0.05) is 6.42 Å². The molecule has 1 aromatic rings. The van der Waals surface area contributed by atoms with Crippen LogP contribution in [0.1, 0.15) is 43.0 Å². The van der Waals surface area contributed by atoms with Crippen LogP contribution in [0.2, 0.25) is 0 Å². The van der Waals surface area contributed by atoms with Crippen molar-refractivity contribution < 1.29 is 9.53 Å². The van der Waals surface area contributed by atoms with E-state index >= 15 is 0 Å². The highest BCUT2D eigenvalue weighted by Gasteiger charge is 2.36. The lowest BCUT2D eigenvalue weighted by Gasteiger charge is -2.40. The van der Waals surface area contributed by atoms with E-state index in [9.17, 15) is 4.79 Å². The number of guanidine groups is 1. The minimum atomic E-state index is -0.116. The lowest BCUT2D eigenvalue weighted by atomic mass is 9.67. The fourth-order valence-corrected chi connectivity index (χ4v) is 3.03. The first kappa shape index (κ1) is 20.2. The fourth-order valence-electron chi connectivity index (χ4n) is 3.03. The third kappa shape index (κ3) is 6.29. The van der Waals surface area contributed by atoms with Crippen molar-refractivity contribution in [2.75, 3.05) is 39.9 Å². The molecule has 0 spiro atoms. The van der Waals surface area contributed by atoms with Gasteiger partial charge in [0.15, 0.2) is 5.96 Å². The number of hydrogen-bond donors (Lipinski definition) is 3. The maximum Gasteiger partial charge on any atom is 0.252 e. The normalized spacial score (nSPS) is 15.8. The van der Waals surface area contributed by atoms with Crippen LogP contribution in [0.5, 0.6) is 0 Å². The van der Waals surface area contributed by atoms with Crippen molar-refractivity contribution in [1.29, 1.82) is 0 Å². The van der Waals surface area contributed by atoms with Gasteiger partial charge >= 0.3 is 0 Å². The van der Waals surface area contributed by atoms with Crippen LogP contribution in [0.25, 0.3) is 0 Å². The first-order chi connectivity index (χ1) is 12.7. The number of aliphatic imine (C=N–C) groups is 1. The number of aromatic nitrogens is 1. The summed E-state index contributed by atoms with van der Waals surface area (Å²) in [6.07, 6.45) is 8.00. The van der Waals surface area contributed by atoms with Crippen LogP contribution in [-0.2, 0) is 4.74 Å². The van der Waals surface area contributed by atoms with E-state index in [-0.39, 0.29) is 5.91 Å². The first-order valence-corrected chi connectivity index (χ1v) is 9.38. The van der Waals surface area contributed by atoms with E-state index in [0.29, 0.717) is 24.1 Å². The maximum absolute atomic E-state index is 12.0. The molecule has 1 aliphatic carbocycles. The number of methoxy groups -OCH3 is 1. The van der Waals surface area contributed by atoms with Crippen LogP contribution in [0.3, 0.4) is 0 Å². The van der Waals surface area contributed by atoms with Gasteiger partial charge < -0.3 is 20.7 Å². The summed E-state index contributed by atoms with van der Waals surface area (Å²) in [5.74, 6) is 0.682. The molecule has 7 heteroatoms. The van der Waals surface area contributed by atoms with Crippen molar-refractivity contribution >= 4 is 11.9 Å². The van der Waals surface area contributed by atoms with Gasteiger partial charge in [-0.25, -0.2) is 0 Å². The molecule has 0 aliphatic heterocycles. The summed E-state index contributed by atoms with van der Waals surface area (Å²) in [4.78, 5) is 20.7. The Balaban J connectivity index is 1.75. The van der Waals surface area contributed by atoms with Gasteiger partial charge in [-0.05, 0) is 43.7 Å². The van der Waals surface area contributed by atoms with Crippen LogP contribution in [-0.4, -0.2) is 56.7 Å². The van der Waals surface area contributed by atoms with Gasteiger partial charge in [0.25, 0.3) is 5.91 Å². The highest BCUT2D eigenvalue weighted by Crippen LogP contribution is 2.44. The molecule has 2 rings (SSSR count). The summed E-state index contributed by atoms with van der Waals surface area (Å²) in [7, 11) is 1.75. The Morgan fingerprint density at radius 1 is 1.31 bits per heavy atom. The van der Waals surface area contributed by atoms with Crippen molar-refractivity contribution in [2.45, 2.75) is 32.6 Å². The summed E-state index contributed by atoms with van der Waals surface area (Å²) < 4.78 is 5.24. The molecule has 26 heavy (non-hydrogen) atoms. The minimum Gasteiger partial charge on any atom is -0.385 e. The number of pyridine rings is 1. The summed E-state index contributed by atoms with van der Waals surface area (Å²) in [6, 6.07) is 3.50. The molecule has 0 aromatic carbocycles. The zero-order valence-corrected chi connectivity index (χ0v) is 15.9. The Bertz CT molecular complexity index is 573. The van der Waals surface area contributed by atoms with Gasteiger partial charge in [0, 0.05) is 52.3 Å². The van der Waals surface area contributed by atoms with Gasteiger partial charge in [-0.3, -0.25) is 14.8 Å². The third-order valence-corrected chi connectivity index (χ3v) is 4.79. The Kier molecular flexibility index (Phi) is 8.34. The quantitative estimate of drug-likeness (QED) is 0.334. The number of ether oxygens (including phenoxy) is 1. The van der Waals surface area contributed by atoms with Gasteiger partial charge in [-0.15, -0.1) is 0 Å². The lowest BCUT2D eigenvalue weighted by molar-refractivity contribution is 0.0778. The Morgan fingerprint density at radius 2 is 2.12 bits per heavy atom. The van der Waals surface area contributed by atoms with Crippen molar-refractivity contribution in [3.63, 3.8) is 0 Å². The Labute approximate surface area is 156 Å². The van der Waals surface area contributed by atoms with Gasteiger partial charge in [-0.2, -0.15) is 0 Å². The van der Waals surface area contributed by atoms with Crippen LogP contribution >= 0.6 is 0 Å². The van der Waals surface area contributed by atoms with Crippen LogP contribution in [0.4, 0.5) is 0 Å². The molecule has 3 N–H and O–H groups in total. The maximum atomic E-state index is 12.0. The van der Waals surface area contributed by atoms with E-state index in [1.54, 1.807) is 31.6 Å². The van der Waals surface area contributed by atoms with Crippen LogP contribution in [0.15, 0.2) is 29.5 Å². The highest BCUT2D eigenvalue weighted by atomic mass is 16.5. The van der Waals surface area contributed by atoms with E-state index in [2.05, 4.69) is 20.9 Å². The number of carbonyl (C=O) groups excluding carboxylic acids is 1. The Morgan fingerprint density at radius 3 is 2.73 bits per heavy atom. The van der Waals surface area contributed by atoms with E-state index < -0.39 is 0 Å². The number of hydrogen-bond acceptors (Lipinski definition) is 4. The minimum absolute atomic E-state index is 0.116. The molecule has 1 heterocycles. The standard InChI is InChI=1S/C19H31N5O2/c1-3-21-18(24-15-19(7-5-8-19)9-13-26-2)23-12-11-22-17(25)16-6-4-10-20-14-16/h4,6,10,14H,3,5,7-9,11-13,15H2,1-2H3,(H,22,25)(H2,21,23,24). The zero-order valence-electron chi connectivity index (χ0n) is 15.9. The molecule has 1 fully saturated rings. The number of rotatable bonds is 10. The lowest BCUT2D eigenvalue weighted by Crippen LogP contribution is -2.43. The predicted molar refractivity (Wildman–Crippen MR) is 103 cm³/mol. The molecule has 144 valence electrons. The molecule has 7 nitrogen and oxygen atoms in total. The Hall–Kier alpha value is -2.15. The largest absolute Gasteiger partial charge is 0.385 e. The van der Waals surface area contributed by atoms with Gasteiger partial charge in [0.2, 0.25) is 0 Å². The fraction of sp³-hybridized carbons (Fsp3) is 0.632. The second-order valence-electron chi connectivity index (χ2n) is 6.72. The molecule has 0 bridgehead atoms. The summed E-state index contributed by atoms with van der Waals surface area (Å²) in [5.41, 5.74) is 0.866. The van der Waals surface area contributed by atoms with E-state index in [4.69, 9.17) is 9.73 Å². The average molecular weight is 361 g/mol. The molecule has 1 amide bonds. The number of carbonyl (C=O) groups is 1. The highest BCUT2D eigenvalue weighted by molar-refractivity contribution is 5.93. The molecule has 1 saturated carbocycles. The van der Waals surface area contributed by atoms with Crippen LogP contribution < -0.4 is 16.0 Å². The predicted octanol–water partition coefficient (Wildman–Crippen LogP) is 1.57. The average Bonchev–Trinajstić information content (AvgIpc) is 2.64. The smallest absolute Gasteiger partial charge is 0.252 e. The third-order valence-electron chi connectivity index (χ3n) is 4.79. The molecule has 0 radical (unpaired) electrons. The molecule has 0 atom stereocenters. The van der Waals surface area contributed by atoms with E-state index in [0.717, 1.165) is 32.1 Å². The van der Waals surface area contributed by atoms with Crippen molar-refractivity contribution in [3.8, 4) is 0 Å². The second-order valence-corrected chi connectivity index (χ2v) is 6.72. The van der Waals surface area contributed by atoms with E-state index in [1.165, 1.54) is 19.3 Å². The van der Waals surface area contributed by atoms with Crippen molar-refractivity contribution in [3.05, 3.63) is 30.1 Å². The molecular formula is C19H31N5O2. The molecule has 0 unspecified atom stereocenters. The monoisotopic (exact) mass is 361 g/mol. The van der Waals surface area contributed by atoms with Crippen molar-refractivity contribution in [2.24, 2.45) is 10.4 Å². The van der Waals surface area contributed by atoms with E-state index in [1.807, 2.05) is 6.92 Å². The first-order valence-electron chi connectivity index (χ1n) is 9.38. The van der Waals surface area contributed by atoms with Crippen LogP contribution in [0, 0.1) is 5.41 Å². The molecule has 0 saturated heterocycles. The SMILES string of the molecule is CCNC(=NCC1(CCOC)CCC1)NCCNC(=O)c1cccnc1. The zero-order chi connectivity index (χ0) is 18.7. The topological polar surface area (TPSA) is 87.6 Å². The number of amides is 1. The van der Waals surface area contributed by atoms with Gasteiger partial charge in [0.05, 0.1) is 5.56 Å². The van der Waals surface area contributed by atoms with Crippen molar-refractivity contribution in [1.82, 2.24) is 20.9 Å². The number of nitrogens with one attached hydrogen (secondary N) is 3. The molecular weight excluding hydrogens is 330 g/mol. The summed E-state index contributed by atoms with van der Waals surface area (Å²) in [6.45, 7) is 5.59. The molecule has 1 aliphatic rings. The number of nitrogens with zero attached hydrogens (tertiary/aromatic N) is 2.